The number of nitrogens with two attached hydrogens (primary N) is 1. The summed E-state index contributed by atoms with van der Waals surface area (Å²) in [7, 11) is 0. The summed E-state index contributed by atoms with van der Waals surface area (Å²) in [5.74, 6) is -0.210. The summed E-state index contributed by atoms with van der Waals surface area (Å²) in [6.07, 6.45) is -4.50. The van der Waals surface area contributed by atoms with E-state index < -0.39 is 22.8 Å². The van der Waals surface area contributed by atoms with Gasteiger partial charge in [0, 0.05) is 11.8 Å². The zero-order valence-corrected chi connectivity index (χ0v) is 9.31. The topological polar surface area (TPSA) is 46.2 Å². The van der Waals surface area contributed by atoms with Gasteiger partial charge in [0.2, 0.25) is 0 Å². The first-order chi connectivity index (χ1) is 7.03. The maximum atomic E-state index is 12.6. The maximum absolute atomic E-state index is 12.6. The quantitative estimate of drug-likeness (QED) is 0.675. The summed E-state index contributed by atoms with van der Waals surface area (Å²) < 4.78 is 37.8. The van der Waals surface area contributed by atoms with E-state index in [1.54, 1.807) is 20.8 Å². The molecule has 0 aromatic heterocycles. The van der Waals surface area contributed by atoms with Crippen molar-refractivity contribution in [1.29, 1.82) is 0 Å². The summed E-state index contributed by atoms with van der Waals surface area (Å²) in [6, 6.07) is 1.86. The van der Waals surface area contributed by atoms with Crippen LogP contribution in [0.4, 0.5) is 18.9 Å². The number of halogens is 3. The number of hydrogen-bond acceptors (Lipinski definition) is 2. The Balaban J connectivity index is 3.45. The van der Waals surface area contributed by atoms with Gasteiger partial charge in [-0.1, -0.05) is 20.8 Å². The molecular formula is C11H14F3NO. The first kappa shape index (κ1) is 12.7. The minimum Gasteiger partial charge on any atom is -0.508 e. The van der Waals surface area contributed by atoms with E-state index in [9.17, 15) is 18.3 Å². The van der Waals surface area contributed by atoms with E-state index in [-0.39, 0.29) is 11.3 Å². The van der Waals surface area contributed by atoms with E-state index in [4.69, 9.17) is 5.73 Å². The largest absolute Gasteiger partial charge is 0.508 e. The van der Waals surface area contributed by atoms with Crippen LogP contribution in [-0.2, 0) is 11.6 Å². The van der Waals surface area contributed by atoms with Gasteiger partial charge in [0.05, 0.1) is 5.56 Å². The predicted octanol–water partition coefficient (Wildman–Crippen LogP) is 3.29. The Morgan fingerprint density at radius 3 is 1.94 bits per heavy atom. The molecule has 0 aliphatic heterocycles. The highest BCUT2D eigenvalue weighted by atomic mass is 19.4. The fourth-order valence-corrected chi connectivity index (χ4v) is 1.45. The van der Waals surface area contributed by atoms with Gasteiger partial charge in [-0.2, -0.15) is 13.2 Å². The van der Waals surface area contributed by atoms with Crippen molar-refractivity contribution in [2.24, 2.45) is 0 Å². The van der Waals surface area contributed by atoms with E-state index in [1.165, 1.54) is 0 Å². The molecule has 16 heavy (non-hydrogen) atoms. The normalized spacial score (nSPS) is 12.9. The smallest absolute Gasteiger partial charge is 0.418 e. The Morgan fingerprint density at radius 1 is 1.06 bits per heavy atom. The van der Waals surface area contributed by atoms with Crippen molar-refractivity contribution in [3.8, 4) is 5.75 Å². The molecule has 0 atom stereocenters. The van der Waals surface area contributed by atoms with Crippen LogP contribution in [0.15, 0.2) is 12.1 Å². The van der Waals surface area contributed by atoms with Crippen LogP contribution in [-0.4, -0.2) is 5.11 Å². The molecule has 5 heteroatoms. The Labute approximate surface area is 91.9 Å². The molecular weight excluding hydrogens is 219 g/mol. The number of anilines is 1. The van der Waals surface area contributed by atoms with E-state index in [2.05, 4.69) is 0 Å². The molecule has 0 spiro atoms. The third-order valence-corrected chi connectivity index (χ3v) is 2.28. The van der Waals surface area contributed by atoms with Gasteiger partial charge >= 0.3 is 6.18 Å². The lowest BCUT2D eigenvalue weighted by Crippen LogP contribution is -2.15. The molecule has 0 saturated heterocycles. The number of hydrogen-bond donors (Lipinski definition) is 2. The van der Waals surface area contributed by atoms with Crippen molar-refractivity contribution >= 4 is 5.69 Å². The van der Waals surface area contributed by atoms with Crippen LogP contribution in [0.1, 0.15) is 31.9 Å². The molecule has 3 N–H and O–H groups in total. The molecule has 1 rings (SSSR count). The van der Waals surface area contributed by atoms with Crippen LogP contribution in [0, 0.1) is 0 Å². The first-order valence-electron chi connectivity index (χ1n) is 4.73. The summed E-state index contributed by atoms with van der Waals surface area (Å²) in [6.45, 7) is 5.16. The van der Waals surface area contributed by atoms with Crippen LogP contribution < -0.4 is 5.73 Å². The van der Waals surface area contributed by atoms with Crippen molar-refractivity contribution in [3.63, 3.8) is 0 Å². The van der Waals surface area contributed by atoms with Crippen LogP contribution in [0.3, 0.4) is 0 Å². The number of nitrogen functional groups attached to an aromatic ring is 1. The molecule has 0 amide bonds. The van der Waals surface area contributed by atoms with Crippen molar-refractivity contribution < 1.29 is 18.3 Å². The lowest BCUT2D eigenvalue weighted by atomic mass is 9.85. The van der Waals surface area contributed by atoms with Crippen molar-refractivity contribution in [2.45, 2.75) is 32.4 Å². The fraction of sp³-hybridized carbons (Fsp3) is 0.455. The standard InChI is InChI=1S/C11H14F3NO/c1-10(2,3)7-4-6(11(12,13)14)8(15)5-9(7)16/h4-5,16H,15H2,1-3H3. The third kappa shape index (κ3) is 2.40. The summed E-state index contributed by atoms with van der Waals surface area (Å²) in [4.78, 5) is 0. The van der Waals surface area contributed by atoms with Gasteiger partial charge in [0.15, 0.2) is 0 Å². The minimum absolute atomic E-state index is 0.210. The molecule has 0 bridgehead atoms. The number of phenols is 1. The van der Waals surface area contributed by atoms with Gasteiger partial charge < -0.3 is 10.8 Å². The lowest BCUT2D eigenvalue weighted by molar-refractivity contribution is -0.137. The van der Waals surface area contributed by atoms with Crippen LogP contribution >= 0.6 is 0 Å². The summed E-state index contributed by atoms with van der Waals surface area (Å²) >= 11 is 0. The zero-order valence-electron chi connectivity index (χ0n) is 9.31. The van der Waals surface area contributed by atoms with E-state index in [0.717, 1.165) is 12.1 Å². The summed E-state index contributed by atoms with van der Waals surface area (Å²) in [5, 5.41) is 9.57. The SMILES string of the molecule is CC(C)(C)c1cc(C(F)(F)F)c(N)cc1O. The molecule has 0 saturated carbocycles. The van der Waals surface area contributed by atoms with Gasteiger partial charge in [-0.25, -0.2) is 0 Å². The Morgan fingerprint density at radius 2 is 1.56 bits per heavy atom. The van der Waals surface area contributed by atoms with Crippen LogP contribution in [0.25, 0.3) is 0 Å². The van der Waals surface area contributed by atoms with Crippen molar-refractivity contribution in [2.75, 3.05) is 5.73 Å². The molecule has 0 aliphatic rings. The van der Waals surface area contributed by atoms with Gasteiger partial charge in [0.25, 0.3) is 0 Å². The predicted molar refractivity (Wildman–Crippen MR) is 56.2 cm³/mol. The highest BCUT2D eigenvalue weighted by Gasteiger charge is 2.35. The number of alkyl halides is 3. The highest BCUT2D eigenvalue weighted by Crippen LogP contribution is 2.40. The molecule has 0 fully saturated rings. The van der Waals surface area contributed by atoms with Gasteiger partial charge in [0.1, 0.15) is 5.75 Å². The molecule has 0 radical (unpaired) electrons. The molecule has 0 unspecified atom stereocenters. The summed E-state index contributed by atoms with van der Waals surface area (Å²) in [5.41, 5.74) is 3.53. The van der Waals surface area contributed by atoms with Crippen LogP contribution in [0.5, 0.6) is 5.75 Å². The number of benzene rings is 1. The average molecular weight is 233 g/mol. The monoisotopic (exact) mass is 233 g/mol. The number of phenolic OH excluding ortho intramolecular Hbond substituents is 1. The molecule has 1 aromatic rings. The second kappa shape index (κ2) is 3.57. The van der Waals surface area contributed by atoms with Gasteiger partial charge in [-0.05, 0) is 17.0 Å². The second-order valence-corrected chi connectivity index (χ2v) is 4.70. The fourth-order valence-electron chi connectivity index (χ4n) is 1.45. The molecule has 0 heterocycles. The lowest BCUT2D eigenvalue weighted by Gasteiger charge is -2.22. The Kier molecular flexibility index (Phi) is 2.83. The highest BCUT2D eigenvalue weighted by molar-refractivity contribution is 5.57. The Hall–Kier alpha value is -1.39. The number of rotatable bonds is 0. The van der Waals surface area contributed by atoms with Crippen LogP contribution in [0.2, 0.25) is 0 Å². The molecule has 0 aliphatic carbocycles. The Bertz CT molecular complexity index is 370. The molecule has 90 valence electrons. The van der Waals surface area contributed by atoms with Crippen molar-refractivity contribution in [3.05, 3.63) is 23.3 Å². The van der Waals surface area contributed by atoms with E-state index in [0.29, 0.717) is 0 Å². The van der Waals surface area contributed by atoms with E-state index >= 15 is 0 Å². The number of aromatic hydroxyl groups is 1. The van der Waals surface area contributed by atoms with E-state index in [1.807, 2.05) is 0 Å². The zero-order chi connectivity index (χ0) is 12.7. The molecule has 2 nitrogen and oxygen atoms in total. The van der Waals surface area contributed by atoms with Crippen molar-refractivity contribution in [1.82, 2.24) is 0 Å². The average Bonchev–Trinajstić information content (AvgIpc) is 1.97. The first-order valence-corrected chi connectivity index (χ1v) is 4.73. The van der Waals surface area contributed by atoms with Gasteiger partial charge in [-0.15, -0.1) is 0 Å². The third-order valence-electron chi connectivity index (χ3n) is 2.28. The maximum Gasteiger partial charge on any atom is 0.418 e. The molecule has 1 aromatic carbocycles. The minimum atomic E-state index is -4.50. The van der Waals surface area contributed by atoms with Gasteiger partial charge in [-0.3, -0.25) is 0 Å². The second-order valence-electron chi connectivity index (χ2n) is 4.70.